The van der Waals surface area contributed by atoms with Gasteiger partial charge in [0.1, 0.15) is 11.4 Å². The van der Waals surface area contributed by atoms with Crippen molar-refractivity contribution >= 4 is 11.4 Å². The van der Waals surface area contributed by atoms with E-state index in [-0.39, 0.29) is 17.9 Å². The van der Waals surface area contributed by atoms with Gasteiger partial charge in [-0.1, -0.05) is 6.07 Å². The van der Waals surface area contributed by atoms with Crippen LogP contribution < -0.4 is 0 Å². The molecule has 1 aliphatic heterocycles. The number of halogens is 2. The number of hydrogen-bond donors (Lipinski definition) is 0. The number of Topliss-reactive ketones (excluding diaryl/α,β-unsaturated/α-hetero) is 1. The van der Waals surface area contributed by atoms with Gasteiger partial charge in [-0.25, -0.2) is 18.7 Å². The Labute approximate surface area is 160 Å². The van der Waals surface area contributed by atoms with Crippen molar-refractivity contribution in [2.45, 2.75) is 38.5 Å². The van der Waals surface area contributed by atoms with Gasteiger partial charge in [0.05, 0.1) is 23.5 Å². The van der Waals surface area contributed by atoms with Gasteiger partial charge in [0, 0.05) is 31.5 Å². The van der Waals surface area contributed by atoms with E-state index in [4.69, 9.17) is 9.72 Å². The fourth-order valence-electron chi connectivity index (χ4n) is 3.49. The van der Waals surface area contributed by atoms with E-state index >= 15 is 0 Å². The Morgan fingerprint density at radius 1 is 1.21 bits per heavy atom. The van der Waals surface area contributed by atoms with Crippen molar-refractivity contribution in [2.24, 2.45) is 0 Å². The van der Waals surface area contributed by atoms with Crippen LogP contribution in [-0.4, -0.2) is 38.3 Å². The van der Waals surface area contributed by atoms with Gasteiger partial charge in [-0.2, -0.15) is 0 Å². The number of ketones is 1. The summed E-state index contributed by atoms with van der Waals surface area (Å²) in [6.45, 7) is 3.32. The Morgan fingerprint density at radius 2 is 2.00 bits per heavy atom. The average molecular weight is 386 g/mol. The summed E-state index contributed by atoms with van der Waals surface area (Å²) in [5.74, 6) is 0.0120. The predicted molar refractivity (Wildman–Crippen MR) is 97.7 cm³/mol. The van der Waals surface area contributed by atoms with Crippen LogP contribution in [0.15, 0.2) is 30.6 Å². The molecular formula is C20H20F2N4O2. The lowest BCUT2D eigenvalue weighted by molar-refractivity contribution is 0.0846. The molecule has 6 nitrogen and oxygen atoms in total. The highest BCUT2D eigenvalue weighted by Gasteiger charge is 2.20. The zero-order chi connectivity index (χ0) is 19.7. The zero-order valence-corrected chi connectivity index (χ0v) is 15.4. The van der Waals surface area contributed by atoms with Crippen LogP contribution in [0.1, 0.15) is 58.4 Å². The normalized spacial score (nSPS) is 15.4. The topological polar surface area (TPSA) is 69.4 Å². The lowest BCUT2D eigenvalue weighted by atomic mass is 9.97. The number of rotatable bonds is 5. The standard InChI is InChI=1S/C20H20F2N4O2/c1-12-20-25-17(13-5-7-28-8-6-13)11-26(20)10-14(23-12)9-18(27)15-3-2-4-16(24-15)19(21)22/h2-4,10-11,13,19H,5-9H2,1H3. The van der Waals surface area contributed by atoms with Gasteiger partial charge in [-0.15, -0.1) is 0 Å². The van der Waals surface area contributed by atoms with Crippen LogP contribution in [0.4, 0.5) is 8.78 Å². The minimum Gasteiger partial charge on any atom is -0.381 e. The molecule has 4 heterocycles. The number of carbonyl (C=O) groups is 1. The second-order valence-corrected chi connectivity index (χ2v) is 6.95. The Morgan fingerprint density at radius 3 is 2.75 bits per heavy atom. The van der Waals surface area contributed by atoms with Crippen LogP contribution in [0.3, 0.4) is 0 Å². The van der Waals surface area contributed by atoms with Crippen molar-refractivity contribution in [1.82, 2.24) is 19.4 Å². The van der Waals surface area contributed by atoms with E-state index in [0.29, 0.717) is 11.6 Å². The summed E-state index contributed by atoms with van der Waals surface area (Å²) in [7, 11) is 0. The summed E-state index contributed by atoms with van der Waals surface area (Å²) in [5.41, 5.74) is 2.65. The number of nitrogens with zero attached hydrogens (tertiary/aromatic N) is 4. The highest BCUT2D eigenvalue weighted by molar-refractivity contribution is 5.95. The van der Waals surface area contributed by atoms with Crippen LogP contribution in [-0.2, 0) is 11.2 Å². The monoisotopic (exact) mass is 386 g/mol. The van der Waals surface area contributed by atoms with Crippen LogP contribution in [0, 0.1) is 6.92 Å². The molecule has 0 aliphatic carbocycles. The SMILES string of the molecule is Cc1nc(CC(=O)c2cccc(C(F)F)n2)cn2cc(C3CCOCC3)nc12. The van der Waals surface area contributed by atoms with Gasteiger partial charge < -0.3 is 9.14 Å². The largest absolute Gasteiger partial charge is 0.381 e. The van der Waals surface area contributed by atoms with Crippen molar-refractivity contribution in [3.05, 3.63) is 59.1 Å². The van der Waals surface area contributed by atoms with Gasteiger partial charge in [-0.3, -0.25) is 9.78 Å². The van der Waals surface area contributed by atoms with Crippen LogP contribution in [0.2, 0.25) is 0 Å². The van der Waals surface area contributed by atoms with E-state index in [1.807, 2.05) is 17.5 Å². The molecule has 3 aromatic rings. The maximum Gasteiger partial charge on any atom is 0.280 e. The molecule has 0 aromatic carbocycles. The van der Waals surface area contributed by atoms with Crippen molar-refractivity contribution in [1.29, 1.82) is 0 Å². The number of aryl methyl sites for hydroxylation is 1. The number of pyridine rings is 1. The Bertz CT molecular complexity index is 1010. The van der Waals surface area contributed by atoms with Crippen molar-refractivity contribution in [3.63, 3.8) is 0 Å². The molecule has 3 aromatic heterocycles. The average Bonchev–Trinajstić information content (AvgIpc) is 3.13. The molecule has 0 N–H and O–H groups in total. The Kier molecular flexibility index (Phi) is 5.13. The second-order valence-electron chi connectivity index (χ2n) is 6.95. The maximum absolute atomic E-state index is 12.8. The first-order valence-corrected chi connectivity index (χ1v) is 9.22. The number of ether oxygens (including phenoxy) is 1. The summed E-state index contributed by atoms with van der Waals surface area (Å²) in [4.78, 5) is 25.5. The van der Waals surface area contributed by atoms with E-state index in [0.717, 1.165) is 43.1 Å². The molecule has 0 spiro atoms. The van der Waals surface area contributed by atoms with E-state index in [2.05, 4.69) is 9.97 Å². The van der Waals surface area contributed by atoms with Gasteiger partial charge in [0.25, 0.3) is 6.43 Å². The van der Waals surface area contributed by atoms with E-state index in [1.165, 1.54) is 18.2 Å². The first kappa shape index (κ1) is 18.6. The molecule has 0 saturated carbocycles. The number of aromatic nitrogens is 4. The van der Waals surface area contributed by atoms with Gasteiger partial charge in [0.15, 0.2) is 11.4 Å². The lowest BCUT2D eigenvalue weighted by Gasteiger charge is -2.19. The van der Waals surface area contributed by atoms with Crippen molar-refractivity contribution in [3.8, 4) is 0 Å². The Balaban J connectivity index is 1.58. The summed E-state index contributed by atoms with van der Waals surface area (Å²) in [5, 5.41) is 0. The van der Waals surface area contributed by atoms with Gasteiger partial charge in [-0.05, 0) is 31.9 Å². The molecule has 0 amide bonds. The fourth-order valence-corrected chi connectivity index (χ4v) is 3.49. The molecule has 0 unspecified atom stereocenters. The molecule has 0 radical (unpaired) electrons. The summed E-state index contributed by atoms with van der Waals surface area (Å²) in [6.07, 6.45) is 2.90. The molecule has 1 fully saturated rings. The smallest absolute Gasteiger partial charge is 0.280 e. The van der Waals surface area contributed by atoms with E-state index in [1.54, 1.807) is 6.20 Å². The highest BCUT2D eigenvalue weighted by Crippen LogP contribution is 2.27. The third kappa shape index (κ3) is 3.77. The maximum atomic E-state index is 12.8. The predicted octanol–water partition coefficient (Wildman–Crippen LogP) is 3.69. The third-order valence-corrected chi connectivity index (χ3v) is 4.94. The molecular weight excluding hydrogens is 366 g/mol. The number of alkyl halides is 2. The van der Waals surface area contributed by atoms with Crippen LogP contribution in [0.5, 0.6) is 0 Å². The fraction of sp³-hybridized carbons (Fsp3) is 0.400. The molecule has 0 atom stereocenters. The van der Waals surface area contributed by atoms with E-state index < -0.39 is 12.1 Å². The zero-order valence-electron chi connectivity index (χ0n) is 15.4. The Hall–Kier alpha value is -2.74. The molecule has 0 bridgehead atoms. The molecule has 8 heteroatoms. The molecule has 4 rings (SSSR count). The summed E-state index contributed by atoms with van der Waals surface area (Å²) in [6, 6.07) is 4.07. The first-order chi connectivity index (χ1) is 13.5. The van der Waals surface area contributed by atoms with Crippen LogP contribution >= 0.6 is 0 Å². The lowest BCUT2D eigenvalue weighted by Crippen LogP contribution is -2.14. The molecule has 146 valence electrons. The second kappa shape index (κ2) is 7.71. The van der Waals surface area contributed by atoms with Crippen LogP contribution in [0.25, 0.3) is 5.65 Å². The molecule has 1 saturated heterocycles. The molecule has 28 heavy (non-hydrogen) atoms. The number of carbonyl (C=O) groups excluding carboxylic acids is 1. The first-order valence-electron chi connectivity index (χ1n) is 9.22. The quantitative estimate of drug-likeness (QED) is 0.626. The van der Waals surface area contributed by atoms with Gasteiger partial charge >= 0.3 is 0 Å². The van der Waals surface area contributed by atoms with Gasteiger partial charge in [0.2, 0.25) is 0 Å². The molecule has 1 aliphatic rings. The van der Waals surface area contributed by atoms with E-state index in [9.17, 15) is 13.6 Å². The van der Waals surface area contributed by atoms with Crippen molar-refractivity contribution < 1.29 is 18.3 Å². The third-order valence-electron chi connectivity index (χ3n) is 4.94. The minimum absolute atomic E-state index is 0.0126. The number of fused-ring (bicyclic) bond motifs is 1. The number of hydrogen-bond acceptors (Lipinski definition) is 5. The highest BCUT2D eigenvalue weighted by atomic mass is 19.3. The minimum atomic E-state index is -2.71. The van der Waals surface area contributed by atoms with Crippen molar-refractivity contribution in [2.75, 3.05) is 13.2 Å². The summed E-state index contributed by atoms with van der Waals surface area (Å²) >= 11 is 0. The number of imidazole rings is 1. The summed E-state index contributed by atoms with van der Waals surface area (Å²) < 4.78 is 32.9.